The molecule has 0 bridgehead atoms. The largest absolute Gasteiger partial charge is 0.338 e. The first-order valence-electron chi connectivity index (χ1n) is 6.19. The van der Waals surface area contributed by atoms with Gasteiger partial charge in [0, 0.05) is 12.6 Å². The summed E-state index contributed by atoms with van der Waals surface area (Å²) in [5.41, 5.74) is 0. The second-order valence-electron chi connectivity index (χ2n) is 4.80. The monoisotopic (exact) mass is 212 g/mol. The van der Waals surface area contributed by atoms with Crippen LogP contribution in [0.4, 0.5) is 4.79 Å². The predicted octanol–water partition coefficient (Wildman–Crippen LogP) is 2.52. The number of nitrogens with one attached hydrogen (secondary N) is 2. The maximum atomic E-state index is 11.5. The van der Waals surface area contributed by atoms with E-state index in [9.17, 15) is 4.79 Å². The molecular formula is C12H24N2O. The second kappa shape index (κ2) is 5.99. The fraction of sp³-hybridized carbons (Fsp3) is 0.917. The van der Waals surface area contributed by atoms with Gasteiger partial charge in [0.1, 0.15) is 0 Å². The van der Waals surface area contributed by atoms with Gasteiger partial charge in [-0.15, -0.1) is 0 Å². The van der Waals surface area contributed by atoms with E-state index in [0.717, 1.165) is 6.42 Å². The van der Waals surface area contributed by atoms with Crippen molar-refractivity contribution in [2.24, 2.45) is 11.8 Å². The highest BCUT2D eigenvalue weighted by molar-refractivity contribution is 5.74. The summed E-state index contributed by atoms with van der Waals surface area (Å²) in [6.07, 6.45) is 4.96. The zero-order valence-corrected chi connectivity index (χ0v) is 10.2. The molecule has 0 aliphatic heterocycles. The molecule has 2 amide bonds. The first kappa shape index (κ1) is 12.3. The SMILES string of the molecule is CCNC(=O)NC1CCCCC1C(C)C. The third kappa shape index (κ3) is 3.73. The smallest absolute Gasteiger partial charge is 0.315 e. The summed E-state index contributed by atoms with van der Waals surface area (Å²) in [5, 5.41) is 5.90. The van der Waals surface area contributed by atoms with Crippen molar-refractivity contribution < 1.29 is 4.79 Å². The lowest BCUT2D eigenvalue weighted by molar-refractivity contribution is 0.194. The van der Waals surface area contributed by atoms with Crippen molar-refractivity contribution in [1.82, 2.24) is 10.6 Å². The van der Waals surface area contributed by atoms with E-state index in [2.05, 4.69) is 24.5 Å². The molecular weight excluding hydrogens is 188 g/mol. The average molecular weight is 212 g/mol. The van der Waals surface area contributed by atoms with Crippen molar-refractivity contribution in [3.05, 3.63) is 0 Å². The first-order valence-corrected chi connectivity index (χ1v) is 6.19. The van der Waals surface area contributed by atoms with Gasteiger partial charge < -0.3 is 10.6 Å². The van der Waals surface area contributed by atoms with Crippen LogP contribution < -0.4 is 10.6 Å². The minimum Gasteiger partial charge on any atom is -0.338 e. The second-order valence-corrected chi connectivity index (χ2v) is 4.80. The number of carbonyl (C=O) groups excluding carboxylic acids is 1. The topological polar surface area (TPSA) is 41.1 Å². The molecule has 15 heavy (non-hydrogen) atoms. The molecule has 1 rings (SSSR count). The van der Waals surface area contributed by atoms with Crippen molar-refractivity contribution in [3.8, 4) is 0 Å². The molecule has 1 aliphatic carbocycles. The lowest BCUT2D eigenvalue weighted by Crippen LogP contribution is -2.47. The number of rotatable bonds is 3. The molecule has 0 heterocycles. The molecule has 2 unspecified atom stereocenters. The molecule has 88 valence electrons. The number of urea groups is 1. The van der Waals surface area contributed by atoms with Crippen LogP contribution >= 0.6 is 0 Å². The summed E-state index contributed by atoms with van der Waals surface area (Å²) in [4.78, 5) is 11.5. The van der Waals surface area contributed by atoms with Crippen molar-refractivity contribution in [3.63, 3.8) is 0 Å². The van der Waals surface area contributed by atoms with E-state index in [1.165, 1.54) is 19.3 Å². The van der Waals surface area contributed by atoms with Crippen molar-refractivity contribution >= 4 is 6.03 Å². The lowest BCUT2D eigenvalue weighted by Gasteiger charge is -2.34. The van der Waals surface area contributed by atoms with E-state index in [1.807, 2.05) is 6.92 Å². The molecule has 2 atom stereocenters. The Bertz CT molecular complexity index is 204. The Labute approximate surface area is 93.0 Å². The third-order valence-corrected chi connectivity index (χ3v) is 3.33. The van der Waals surface area contributed by atoms with Crippen LogP contribution in [-0.2, 0) is 0 Å². The summed E-state index contributed by atoms with van der Waals surface area (Å²) < 4.78 is 0. The molecule has 2 N–H and O–H groups in total. The summed E-state index contributed by atoms with van der Waals surface area (Å²) in [7, 11) is 0. The highest BCUT2D eigenvalue weighted by Crippen LogP contribution is 2.29. The number of hydrogen-bond acceptors (Lipinski definition) is 1. The Hall–Kier alpha value is -0.730. The Morgan fingerprint density at radius 3 is 2.60 bits per heavy atom. The molecule has 1 aliphatic rings. The highest BCUT2D eigenvalue weighted by atomic mass is 16.2. The Balaban J connectivity index is 2.45. The molecule has 3 heteroatoms. The van der Waals surface area contributed by atoms with Crippen LogP contribution in [0.3, 0.4) is 0 Å². The van der Waals surface area contributed by atoms with E-state index in [0.29, 0.717) is 24.4 Å². The molecule has 0 saturated heterocycles. The standard InChI is InChI=1S/C12H24N2O/c1-4-13-12(15)14-11-8-6-5-7-10(11)9(2)3/h9-11H,4-8H2,1-3H3,(H2,13,14,15). The summed E-state index contributed by atoms with van der Waals surface area (Å²) in [6, 6.07) is 0.375. The Kier molecular flexibility index (Phi) is 4.92. The third-order valence-electron chi connectivity index (χ3n) is 3.33. The normalized spacial score (nSPS) is 26.4. The van der Waals surface area contributed by atoms with Crippen molar-refractivity contribution in [2.45, 2.75) is 52.5 Å². The van der Waals surface area contributed by atoms with Crippen molar-refractivity contribution in [2.75, 3.05) is 6.54 Å². The van der Waals surface area contributed by atoms with Crippen LogP contribution in [0.5, 0.6) is 0 Å². The summed E-state index contributed by atoms with van der Waals surface area (Å²) in [6.45, 7) is 7.15. The highest BCUT2D eigenvalue weighted by Gasteiger charge is 2.28. The lowest BCUT2D eigenvalue weighted by atomic mass is 9.78. The molecule has 1 fully saturated rings. The number of hydrogen-bond donors (Lipinski definition) is 2. The van der Waals surface area contributed by atoms with Crippen LogP contribution in [0, 0.1) is 11.8 Å². The van der Waals surface area contributed by atoms with Crippen LogP contribution in [0.2, 0.25) is 0 Å². The van der Waals surface area contributed by atoms with Crippen LogP contribution in [0.1, 0.15) is 46.5 Å². The van der Waals surface area contributed by atoms with E-state index in [4.69, 9.17) is 0 Å². The average Bonchev–Trinajstić information content (AvgIpc) is 2.18. The van der Waals surface area contributed by atoms with Gasteiger partial charge in [-0.25, -0.2) is 4.79 Å². The van der Waals surface area contributed by atoms with Gasteiger partial charge in [-0.2, -0.15) is 0 Å². The molecule has 0 aromatic rings. The fourth-order valence-corrected chi connectivity index (χ4v) is 2.52. The predicted molar refractivity (Wildman–Crippen MR) is 62.8 cm³/mol. The van der Waals surface area contributed by atoms with Gasteiger partial charge in [0.25, 0.3) is 0 Å². The fourth-order valence-electron chi connectivity index (χ4n) is 2.52. The van der Waals surface area contributed by atoms with Gasteiger partial charge in [-0.05, 0) is 31.6 Å². The molecule has 0 spiro atoms. The Morgan fingerprint density at radius 2 is 2.00 bits per heavy atom. The van der Waals surface area contributed by atoms with Crippen molar-refractivity contribution in [1.29, 1.82) is 0 Å². The molecule has 0 radical (unpaired) electrons. The van der Waals surface area contributed by atoms with Crippen LogP contribution in [0.25, 0.3) is 0 Å². The van der Waals surface area contributed by atoms with E-state index < -0.39 is 0 Å². The summed E-state index contributed by atoms with van der Waals surface area (Å²) >= 11 is 0. The molecule has 1 saturated carbocycles. The minimum absolute atomic E-state index is 0.00458. The van der Waals surface area contributed by atoms with Gasteiger partial charge in [-0.1, -0.05) is 26.7 Å². The van der Waals surface area contributed by atoms with Crippen LogP contribution in [0.15, 0.2) is 0 Å². The van der Waals surface area contributed by atoms with E-state index in [-0.39, 0.29) is 6.03 Å². The van der Waals surface area contributed by atoms with E-state index >= 15 is 0 Å². The Morgan fingerprint density at radius 1 is 1.33 bits per heavy atom. The molecule has 0 aromatic heterocycles. The van der Waals surface area contributed by atoms with E-state index in [1.54, 1.807) is 0 Å². The molecule has 3 nitrogen and oxygen atoms in total. The maximum absolute atomic E-state index is 11.5. The zero-order valence-electron chi connectivity index (χ0n) is 10.2. The van der Waals surface area contributed by atoms with Gasteiger partial charge in [0.05, 0.1) is 0 Å². The van der Waals surface area contributed by atoms with Crippen LogP contribution in [-0.4, -0.2) is 18.6 Å². The van der Waals surface area contributed by atoms with Gasteiger partial charge in [0.15, 0.2) is 0 Å². The first-order chi connectivity index (χ1) is 7.15. The number of amides is 2. The molecule has 0 aromatic carbocycles. The quantitative estimate of drug-likeness (QED) is 0.741. The maximum Gasteiger partial charge on any atom is 0.315 e. The zero-order chi connectivity index (χ0) is 11.3. The van der Waals surface area contributed by atoms with Gasteiger partial charge in [0.2, 0.25) is 0 Å². The van der Waals surface area contributed by atoms with Gasteiger partial charge >= 0.3 is 6.03 Å². The minimum atomic E-state index is -0.00458. The van der Waals surface area contributed by atoms with Gasteiger partial charge in [-0.3, -0.25) is 0 Å². The summed E-state index contributed by atoms with van der Waals surface area (Å²) in [5.74, 6) is 1.32. The number of carbonyl (C=O) groups is 1.